The molecule has 0 bridgehead atoms. The van der Waals surface area contributed by atoms with Gasteiger partial charge in [-0.2, -0.15) is 0 Å². The van der Waals surface area contributed by atoms with Gasteiger partial charge in [0, 0.05) is 12.1 Å². The normalized spacial score (nSPS) is 18.8. The molecule has 28 heavy (non-hydrogen) atoms. The highest BCUT2D eigenvalue weighted by atomic mass is 19.1. The summed E-state index contributed by atoms with van der Waals surface area (Å²) in [7, 11) is 0. The number of anilines is 1. The third kappa shape index (κ3) is 3.83. The molecule has 0 aliphatic heterocycles. The monoisotopic (exact) mass is 381 g/mol. The fourth-order valence-electron chi connectivity index (χ4n) is 3.44. The highest BCUT2D eigenvalue weighted by Gasteiger charge is 2.30. The summed E-state index contributed by atoms with van der Waals surface area (Å²) in [6.07, 6.45) is 9.20. The molecule has 1 fully saturated rings. The molecule has 0 unspecified atom stereocenters. The van der Waals surface area contributed by atoms with Gasteiger partial charge in [0.15, 0.2) is 0 Å². The molecule has 0 saturated heterocycles. The molecular weight excluding hydrogens is 361 g/mol. The second-order valence-corrected chi connectivity index (χ2v) is 6.81. The molecule has 2 atom stereocenters. The van der Waals surface area contributed by atoms with Crippen LogP contribution in [0.5, 0.6) is 0 Å². The van der Waals surface area contributed by atoms with E-state index in [0.29, 0.717) is 11.5 Å². The van der Waals surface area contributed by atoms with Gasteiger partial charge in [-0.15, -0.1) is 5.10 Å². The molecule has 1 aromatic carbocycles. The van der Waals surface area contributed by atoms with Gasteiger partial charge < -0.3 is 10.6 Å². The predicted molar refractivity (Wildman–Crippen MR) is 101 cm³/mol. The van der Waals surface area contributed by atoms with Crippen LogP contribution in [0.4, 0.5) is 10.2 Å². The van der Waals surface area contributed by atoms with Crippen LogP contribution in [0.15, 0.2) is 43.0 Å². The van der Waals surface area contributed by atoms with Gasteiger partial charge in [0.25, 0.3) is 5.91 Å². The Hall–Kier alpha value is -3.36. The number of amides is 1. The van der Waals surface area contributed by atoms with Crippen molar-refractivity contribution in [2.45, 2.75) is 38.3 Å². The second kappa shape index (κ2) is 7.71. The van der Waals surface area contributed by atoms with E-state index in [9.17, 15) is 9.18 Å². The highest BCUT2D eigenvalue weighted by Crippen LogP contribution is 2.23. The number of carbonyl (C=O) groups excluding carboxylic acids is 1. The summed E-state index contributed by atoms with van der Waals surface area (Å²) in [5.74, 6) is -0.158. The van der Waals surface area contributed by atoms with Gasteiger partial charge in [-0.05, 0) is 44.4 Å². The lowest BCUT2D eigenvalue weighted by atomic mass is 10.1. The molecule has 2 heterocycles. The van der Waals surface area contributed by atoms with Crippen molar-refractivity contribution < 1.29 is 9.18 Å². The van der Waals surface area contributed by atoms with Gasteiger partial charge in [-0.3, -0.25) is 9.78 Å². The standard InChI is InChI=1S/C19H20FN7O/c1-12-10-22-18(11-21-12)24-15-3-2-4-16(15)25-19(28)14-9-13(20)5-6-17(14)27-8-7-23-26-27/h5-11,15-16H,2-4H2,1H3,(H,22,24)(H,25,28)/t15-,16-/m0/s1. The number of hydrogen-bond donors (Lipinski definition) is 2. The molecule has 3 aromatic rings. The minimum absolute atomic E-state index is 0.0318. The third-order valence-electron chi connectivity index (χ3n) is 4.82. The molecular formula is C19H20FN7O. The van der Waals surface area contributed by atoms with Crippen molar-refractivity contribution in [2.24, 2.45) is 0 Å². The SMILES string of the molecule is Cc1cnc(N[C@H]2CCC[C@@H]2NC(=O)c2cc(F)ccc2-n2ccnn2)cn1. The predicted octanol–water partition coefficient (Wildman–Crippen LogP) is 2.27. The first kappa shape index (κ1) is 18.0. The molecule has 1 amide bonds. The van der Waals surface area contributed by atoms with Crippen LogP contribution in [0.1, 0.15) is 35.3 Å². The molecule has 0 spiro atoms. The first-order valence-corrected chi connectivity index (χ1v) is 9.12. The maximum atomic E-state index is 13.8. The minimum Gasteiger partial charge on any atom is -0.364 e. The largest absolute Gasteiger partial charge is 0.364 e. The van der Waals surface area contributed by atoms with Crippen molar-refractivity contribution in [3.63, 3.8) is 0 Å². The summed E-state index contributed by atoms with van der Waals surface area (Å²) in [4.78, 5) is 21.5. The van der Waals surface area contributed by atoms with Crippen LogP contribution in [0, 0.1) is 12.7 Å². The number of nitrogens with one attached hydrogen (secondary N) is 2. The van der Waals surface area contributed by atoms with Crippen molar-refractivity contribution in [1.29, 1.82) is 0 Å². The van der Waals surface area contributed by atoms with E-state index in [-0.39, 0.29) is 23.6 Å². The number of halogens is 1. The van der Waals surface area contributed by atoms with E-state index >= 15 is 0 Å². The van der Waals surface area contributed by atoms with Crippen LogP contribution in [0.2, 0.25) is 0 Å². The van der Waals surface area contributed by atoms with Crippen LogP contribution in [0.25, 0.3) is 5.69 Å². The van der Waals surface area contributed by atoms with Crippen molar-refractivity contribution in [2.75, 3.05) is 5.32 Å². The van der Waals surface area contributed by atoms with E-state index in [2.05, 4.69) is 30.9 Å². The first-order valence-electron chi connectivity index (χ1n) is 9.12. The van der Waals surface area contributed by atoms with Gasteiger partial charge in [-0.1, -0.05) is 5.21 Å². The van der Waals surface area contributed by atoms with Gasteiger partial charge in [0.05, 0.1) is 41.7 Å². The number of aromatic nitrogens is 5. The van der Waals surface area contributed by atoms with E-state index in [0.717, 1.165) is 25.0 Å². The zero-order valence-electron chi connectivity index (χ0n) is 15.3. The number of hydrogen-bond acceptors (Lipinski definition) is 6. The molecule has 144 valence electrons. The van der Waals surface area contributed by atoms with Crippen LogP contribution in [-0.2, 0) is 0 Å². The number of nitrogens with zero attached hydrogens (tertiary/aromatic N) is 5. The number of carbonyl (C=O) groups is 1. The van der Waals surface area contributed by atoms with E-state index in [1.54, 1.807) is 18.6 Å². The average Bonchev–Trinajstić information content (AvgIpc) is 3.36. The number of rotatable bonds is 5. The summed E-state index contributed by atoms with van der Waals surface area (Å²) in [5.41, 5.74) is 1.53. The summed E-state index contributed by atoms with van der Waals surface area (Å²) >= 11 is 0. The summed E-state index contributed by atoms with van der Waals surface area (Å²) in [6, 6.07) is 3.97. The highest BCUT2D eigenvalue weighted by molar-refractivity contribution is 5.98. The second-order valence-electron chi connectivity index (χ2n) is 6.81. The van der Waals surface area contributed by atoms with Crippen LogP contribution >= 0.6 is 0 Å². The fourth-order valence-corrected chi connectivity index (χ4v) is 3.44. The maximum Gasteiger partial charge on any atom is 0.253 e. The molecule has 1 aliphatic carbocycles. The van der Waals surface area contributed by atoms with Crippen LogP contribution in [-0.4, -0.2) is 43.0 Å². The summed E-state index contributed by atoms with van der Waals surface area (Å²) < 4.78 is 15.3. The lowest BCUT2D eigenvalue weighted by molar-refractivity contribution is 0.0935. The van der Waals surface area contributed by atoms with Gasteiger partial charge in [0.1, 0.15) is 11.6 Å². The Morgan fingerprint density at radius 1 is 1.21 bits per heavy atom. The Morgan fingerprint density at radius 2 is 2.07 bits per heavy atom. The number of aryl methyl sites for hydroxylation is 1. The van der Waals surface area contributed by atoms with Gasteiger partial charge >= 0.3 is 0 Å². The Labute approximate surface area is 161 Å². The Kier molecular flexibility index (Phi) is 4.96. The number of benzene rings is 1. The minimum atomic E-state index is -0.481. The van der Waals surface area contributed by atoms with E-state index in [4.69, 9.17) is 0 Å². The summed E-state index contributed by atoms with van der Waals surface area (Å²) in [6.45, 7) is 1.88. The van der Waals surface area contributed by atoms with Gasteiger partial charge in [0.2, 0.25) is 0 Å². The molecule has 4 rings (SSSR count). The van der Waals surface area contributed by atoms with Crippen LogP contribution in [0.3, 0.4) is 0 Å². The zero-order valence-corrected chi connectivity index (χ0v) is 15.3. The lowest BCUT2D eigenvalue weighted by Crippen LogP contribution is -2.43. The van der Waals surface area contributed by atoms with E-state index in [1.807, 2.05) is 6.92 Å². The average molecular weight is 381 g/mol. The lowest BCUT2D eigenvalue weighted by Gasteiger charge is -2.23. The van der Waals surface area contributed by atoms with Crippen molar-refractivity contribution in [1.82, 2.24) is 30.3 Å². The van der Waals surface area contributed by atoms with Gasteiger partial charge in [-0.25, -0.2) is 14.1 Å². The van der Waals surface area contributed by atoms with Crippen molar-refractivity contribution >= 4 is 11.7 Å². The third-order valence-corrected chi connectivity index (χ3v) is 4.82. The fraction of sp³-hybridized carbons (Fsp3) is 0.316. The summed E-state index contributed by atoms with van der Waals surface area (Å²) in [5, 5.41) is 14.0. The quantitative estimate of drug-likeness (QED) is 0.704. The topological polar surface area (TPSA) is 97.6 Å². The van der Waals surface area contributed by atoms with E-state index in [1.165, 1.54) is 29.1 Å². The molecule has 1 saturated carbocycles. The Bertz CT molecular complexity index is 959. The molecule has 9 heteroatoms. The smallest absolute Gasteiger partial charge is 0.253 e. The van der Waals surface area contributed by atoms with Crippen molar-refractivity contribution in [3.8, 4) is 5.69 Å². The first-order chi connectivity index (χ1) is 13.6. The molecule has 8 nitrogen and oxygen atoms in total. The Balaban J connectivity index is 1.51. The molecule has 0 radical (unpaired) electrons. The Morgan fingerprint density at radius 3 is 2.82 bits per heavy atom. The zero-order chi connectivity index (χ0) is 19.5. The van der Waals surface area contributed by atoms with Crippen molar-refractivity contribution in [3.05, 3.63) is 60.1 Å². The maximum absolute atomic E-state index is 13.8. The van der Waals surface area contributed by atoms with Crippen LogP contribution < -0.4 is 10.6 Å². The molecule has 2 aromatic heterocycles. The molecule has 2 N–H and O–H groups in total. The molecule has 1 aliphatic rings. The van der Waals surface area contributed by atoms with E-state index < -0.39 is 5.82 Å².